The van der Waals surface area contributed by atoms with Gasteiger partial charge in [0.1, 0.15) is 0 Å². The van der Waals surface area contributed by atoms with Crippen molar-refractivity contribution in [2.24, 2.45) is 11.7 Å². The first-order valence-corrected chi connectivity index (χ1v) is 5.26. The van der Waals surface area contributed by atoms with Crippen LogP contribution in [0, 0.1) is 5.92 Å². The maximum absolute atomic E-state index is 10.9. The summed E-state index contributed by atoms with van der Waals surface area (Å²) in [6.45, 7) is 3.42. The molecular formula is C10H18N2O3. The van der Waals surface area contributed by atoms with E-state index < -0.39 is 5.97 Å². The second kappa shape index (κ2) is 5.11. The zero-order chi connectivity index (χ0) is 11.4. The molecule has 0 aromatic heterocycles. The molecule has 1 aliphatic heterocycles. The Hall–Kier alpha value is -1.10. The van der Waals surface area contributed by atoms with E-state index in [0.29, 0.717) is 12.3 Å². The van der Waals surface area contributed by atoms with Crippen LogP contribution in [-0.4, -0.2) is 41.0 Å². The van der Waals surface area contributed by atoms with Gasteiger partial charge in [0, 0.05) is 13.0 Å². The molecule has 0 aliphatic carbocycles. The summed E-state index contributed by atoms with van der Waals surface area (Å²) >= 11 is 0. The van der Waals surface area contributed by atoms with Gasteiger partial charge in [-0.25, -0.2) is 0 Å². The minimum atomic E-state index is -0.753. The molecule has 0 saturated carbocycles. The lowest BCUT2D eigenvalue weighted by atomic mass is 10.0. The molecule has 0 aromatic carbocycles. The Morgan fingerprint density at radius 3 is 2.80 bits per heavy atom. The van der Waals surface area contributed by atoms with Gasteiger partial charge >= 0.3 is 5.97 Å². The fraction of sp³-hybridized carbons (Fsp3) is 0.800. The van der Waals surface area contributed by atoms with E-state index in [1.54, 1.807) is 6.92 Å². The van der Waals surface area contributed by atoms with Crippen LogP contribution in [0.3, 0.4) is 0 Å². The topological polar surface area (TPSA) is 83.6 Å². The van der Waals surface area contributed by atoms with E-state index in [2.05, 4.69) is 0 Å². The van der Waals surface area contributed by atoms with Crippen LogP contribution in [0.5, 0.6) is 0 Å². The number of carboxylic acid groups (broad SMARTS) is 1. The number of rotatable bonds is 5. The molecule has 86 valence electrons. The molecule has 1 amide bonds. The van der Waals surface area contributed by atoms with Gasteiger partial charge < -0.3 is 10.8 Å². The van der Waals surface area contributed by atoms with Crippen molar-refractivity contribution in [3.05, 3.63) is 0 Å². The van der Waals surface area contributed by atoms with E-state index >= 15 is 0 Å². The standard InChI is InChI=1S/C10H18N2O3/c1-7(10(11)15)12-5-4-8(6-12)2-3-9(13)14/h7-8H,2-6H2,1H3,(H2,11,15)(H,13,14). The highest BCUT2D eigenvalue weighted by molar-refractivity contribution is 5.79. The van der Waals surface area contributed by atoms with Crippen LogP contribution in [0.1, 0.15) is 26.2 Å². The van der Waals surface area contributed by atoms with Gasteiger partial charge in [0.05, 0.1) is 6.04 Å². The summed E-state index contributed by atoms with van der Waals surface area (Å²) in [6.07, 6.45) is 1.87. The number of nitrogens with zero attached hydrogens (tertiary/aromatic N) is 1. The number of carboxylic acids is 1. The number of carbonyl (C=O) groups is 2. The molecule has 5 nitrogen and oxygen atoms in total. The quantitative estimate of drug-likeness (QED) is 0.677. The van der Waals surface area contributed by atoms with Crippen LogP contribution in [0.25, 0.3) is 0 Å². The van der Waals surface area contributed by atoms with Crippen molar-refractivity contribution in [2.75, 3.05) is 13.1 Å². The number of hydrogen-bond acceptors (Lipinski definition) is 3. The Morgan fingerprint density at radius 1 is 1.60 bits per heavy atom. The molecule has 0 aromatic rings. The van der Waals surface area contributed by atoms with Gasteiger partial charge in [-0.3, -0.25) is 14.5 Å². The summed E-state index contributed by atoms with van der Waals surface area (Å²) in [5.74, 6) is -0.673. The van der Waals surface area contributed by atoms with Crippen LogP contribution < -0.4 is 5.73 Å². The number of aliphatic carboxylic acids is 1. The Bertz CT molecular complexity index is 255. The third kappa shape index (κ3) is 3.51. The molecule has 2 unspecified atom stereocenters. The summed E-state index contributed by atoms with van der Waals surface area (Å²) < 4.78 is 0. The number of carbonyl (C=O) groups excluding carboxylic acids is 1. The van der Waals surface area contributed by atoms with Crippen LogP contribution in [0.4, 0.5) is 0 Å². The Kier molecular flexibility index (Phi) is 4.08. The second-order valence-corrected chi connectivity index (χ2v) is 4.16. The lowest BCUT2D eigenvalue weighted by molar-refractivity contribution is -0.137. The molecule has 1 fully saturated rings. The van der Waals surface area contributed by atoms with Gasteiger partial charge in [-0.05, 0) is 32.2 Å². The zero-order valence-corrected chi connectivity index (χ0v) is 8.98. The van der Waals surface area contributed by atoms with Crippen molar-refractivity contribution in [3.8, 4) is 0 Å². The number of hydrogen-bond donors (Lipinski definition) is 2. The molecular weight excluding hydrogens is 196 g/mol. The summed E-state index contributed by atoms with van der Waals surface area (Å²) in [6, 6.07) is -0.236. The van der Waals surface area contributed by atoms with E-state index in [-0.39, 0.29) is 18.4 Å². The van der Waals surface area contributed by atoms with Crippen molar-refractivity contribution in [1.82, 2.24) is 4.90 Å². The zero-order valence-electron chi connectivity index (χ0n) is 8.98. The first-order chi connectivity index (χ1) is 7.00. The van der Waals surface area contributed by atoms with Crippen LogP contribution >= 0.6 is 0 Å². The number of nitrogens with two attached hydrogens (primary N) is 1. The number of primary amides is 1. The largest absolute Gasteiger partial charge is 0.481 e. The normalized spacial score (nSPS) is 23.9. The maximum atomic E-state index is 10.9. The average molecular weight is 214 g/mol. The summed E-state index contributed by atoms with van der Waals surface area (Å²) in [5, 5.41) is 8.55. The third-order valence-corrected chi connectivity index (χ3v) is 3.04. The molecule has 1 saturated heterocycles. The number of amides is 1. The minimum absolute atomic E-state index is 0.212. The van der Waals surface area contributed by atoms with Crippen molar-refractivity contribution >= 4 is 11.9 Å². The lowest BCUT2D eigenvalue weighted by Gasteiger charge is -2.21. The monoisotopic (exact) mass is 214 g/mol. The molecule has 1 rings (SSSR count). The highest BCUT2D eigenvalue weighted by Gasteiger charge is 2.28. The smallest absolute Gasteiger partial charge is 0.303 e. The molecule has 3 N–H and O–H groups in total. The van der Waals surface area contributed by atoms with Gasteiger partial charge in [-0.1, -0.05) is 0 Å². The fourth-order valence-electron chi connectivity index (χ4n) is 1.96. The fourth-order valence-corrected chi connectivity index (χ4v) is 1.96. The average Bonchev–Trinajstić information content (AvgIpc) is 2.61. The van der Waals surface area contributed by atoms with Gasteiger partial charge in [-0.15, -0.1) is 0 Å². The molecule has 0 radical (unpaired) electrons. The second-order valence-electron chi connectivity index (χ2n) is 4.16. The van der Waals surface area contributed by atoms with Crippen LogP contribution in [-0.2, 0) is 9.59 Å². The van der Waals surface area contributed by atoms with E-state index in [9.17, 15) is 9.59 Å². The lowest BCUT2D eigenvalue weighted by Crippen LogP contribution is -2.41. The summed E-state index contributed by atoms with van der Waals surface area (Å²) in [7, 11) is 0. The van der Waals surface area contributed by atoms with Crippen molar-refractivity contribution in [2.45, 2.75) is 32.2 Å². The Labute approximate surface area is 89.2 Å². The van der Waals surface area contributed by atoms with Gasteiger partial charge in [0.15, 0.2) is 0 Å². The molecule has 2 atom stereocenters. The van der Waals surface area contributed by atoms with Crippen molar-refractivity contribution in [3.63, 3.8) is 0 Å². The highest BCUT2D eigenvalue weighted by Crippen LogP contribution is 2.22. The molecule has 5 heteroatoms. The van der Waals surface area contributed by atoms with Gasteiger partial charge in [0.25, 0.3) is 0 Å². The van der Waals surface area contributed by atoms with E-state index in [4.69, 9.17) is 10.8 Å². The van der Waals surface area contributed by atoms with Crippen molar-refractivity contribution < 1.29 is 14.7 Å². The molecule has 15 heavy (non-hydrogen) atoms. The van der Waals surface area contributed by atoms with Gasteiger partial charge in [-0.2, -0.15) is 0 Å². The first kappa shape index (κ1) is 12.0. The summed E-state index contributed by atoms with van der Waals surface area (Å²) in [5.41, 5.74) is 5.21. The van der Waals surface area contributed by atoms with Crippen LogP contribution in [0.15, 0.2) is 0 Å². The predicted molar refractivity (Wildman–Crippen MR) is 55.2 cm³/mol. The summed E-state index contributed by atoms with van der Waals surface area (Å²) in [4.78, 5) is 23.4. The maximum Gasteiger partial charge on any atom is 0.303 e. The van der Waals surface area contributed by atoms with Crippen molar-refractivity contribution in [1.29, 1.82) is 0 Å². The molecule has 1 heterocycles. The van der Waals surface area contributed by atoms with Crippen LogP contribution in [0.2, 0.25) is 0 Å². The Morgan fingerprint density at radius 2 is 2.27 bits per heavy atom. The third-order valence-electron chi connectivity index (χ3n) is 3.04. The molecule has 1 aliphatic rings. The first-order valence-electron chi connectivity index (χ1n) is 5.26. The molecule has 0 spiro atoms. The van der Waals surface area contributed by atoms with Gasteiger partial charge in [0.2, 0.25) is 5.91 Å². The van der Waals surface area contributed by atoms with E-state index in [1.807, 2.05) is 4.90 Å². The highest BCUT2D eigenvalue weighted by atomic mass is 16.4. The van der Waals surface area contributed by atoms with E-state index in [0.717, 1.165) is 19.5 Å². The minimum Gasteiger partial charge on any atom is -0.481 e. The predicted octanol–water partition coefficient (Wildman–Crippen LogP) is 0.0469. The SMILES string of the molecule is CC(C(N)=O)N1CCC(CCC(=O)O)C1. The van der Waals surface area contributed by atoms with E-state index in [1.165, 1.54) is 0 Å². The molecule has 0 bridgehead atoms. The Balaban J connectivity index is 2.32. The number of likely N-dealkylation sites (tertiary alicyclic amines) is 1.